The molecule has 3 rings (SSSR count). The van der Waals surface area contributed by atoms with Crippen molar-refractivity contribution >= 4 is 17.7 Å². The maximum absolute atomic E-state index is 13.3. The Morgan fingerprint density at radius 3 is 2.84 bits per heavy atom. The van der Waals surface area contributed by atoms with Crippen LogP contribution < -0.4 is 0 Å². The van der Waals surface area contributed by atoms with E-state index in [0.29, 0.717) is 30.8 Å². The average Bonchev–Trinajstić information content (AvgIpc) is 2.59. The number of carbonyl (C=O) groups excluding carboxylic acids is 1. The third kappa shape index (κ3) is 3.59. The van der Waals surface area contributed by atoms with E-state index >= 15 is 0 Å². The molecule has 0 bridgehead atoms. The van der Waals surface area contributed by atoms with E-state index in [9.17, 15) is 23.2 Å². The number of aryl methyl sites for hydroxylation is 2. The molecular weight excluding hydrogens is 353 g/mol. The highest BCUT2D eigenvalue weighted by Crippen LogP contribution is 2.36. The summed E-state index contributed by atoms with van der Waals surface area (Å²) in [5.41, 5.74) is -0.518. The highest BCUT2D eigenvalue weighted by molar-refractivity contribution is 7.99. The van der Waals surface area contributed by atoms with Gasteiger partial charge in [-0.25, -0.2) is 9.97 Å². The number of hydrogen-bond donors (Lipinski definition) is 0. The Kier molecular flexibility index (Phi) is 4.91. The molecule has 1 aliphatic carbocycles. The first kappa shape index (κ1) is 18.0. The molecule has 0 aromatic carbocycles. The van der Waals surface area contributed by atoms with Gasteiger partial charge in [-0.2, -0.15) is 30.2 Å². The van der Waals surface area contributed by atoms with Gasteiger partial charge in [-0.3, -0.25) is 4.79 Å². The molecule has 0 N–H and O–H groups in total. The number of amides is 1. The first-order valence-corrected chi connectivity index (χ1v) is 9.18. The molecule has 2 heterocycles. The fourth-order valence-corrected chi connectivity index (χ4v) is 4.36. The van der Waals surface area contributed by atoms with E-state index in [1.54, 1.807) is 11.8 Å². The van der Waals surface area contributed by atoms with E-state index in [0.717, 1.165) is 5.75 Å². The minimum absolute atomic E-state index is 0.0227. The molecule has 0 spiro atoms. The number of halogens is 3. The molecule has 1 fully saturated rings. The zero-order valence-electron chi connectivity index (χ0n) is 13.6. The first-order chi connectivity index (χ1) is 11.8. The maximum Gasteiger partial charge on any atom is 0.433 e. The summed E-state index contributed by atoms with van der Waals surface area (Å²) in [6.45, 7) is 1.90. The van der Waals surface area contributed by atoms with Crippen LogP contribution in [0.1, 0.15) is 29.2 Å². The van der Waals surface area contributed by atoms with Gasteiger partial charge in [-0.05, 0) is 26.2 Å². The van der Waals surface area contributed by atoms with Gasteiger partial charge in [0.1, 0.15) is 11.9 Å². The van der Waals surface area contributed by atoms with Crippen LogP contribution in [0.15, 0.2) is 0 Å². The van der Waals surface area contributed by atoms with Crippen molar-refractivity contribution in [1.82, 2.24) is 14.9 Å². The average molecular weight is 370 g/mol. The van der Waals surface area contributed by atoms with Crippen LogP contribution in [0.2, 0.25) is 0 Å². The molecule has 9 heteroatoms. The Bertz CT molecular complexity index is 731. The topological polar surface area (TPSA) is 69.9 Å². The smallest absolute Gasteiger partial charge is 0.325 e. The third-order valence-corrected chi connectivity index (χ3v) is 5.59. The molecular formula is C16H17F3N4OS. The predicted molar refractivity (Wildman–Crippen MR) is 85.7 cm³/mol. The minimum atomic E-state index is -4.57. The van der Waals surface area contributed by atoms with Gasteiger partial charge < -0.3 is 4.90 Å². The van der Waals surface area contributed by atoms with Crippen molar-refractivity contribution in [3.05, 3.63) is 22.8 Å². The van der Waals surface area contributed by atoms with Gasteiger partial charge in [-0.15, -0.1) is 0 Å². The highest BCUT2D eigenvalue weighted by atomic mass is 32.2. The number of alkyl halides is 3. The van der Waals surface area contributed by atoms with E-state index in [4.69, 9.17) is 0 Å². The lowest BCUT2D eigenvalue weighted by Gasteiger charge is -2.35. The summed E-state index contributed by atoms with van der Waals surface area (Å²) in [6.07, 6.45) is -3.83. The van der Waals surface area contributed by atoms with E-state index in [1.165, 1.54) is 11.8 Å². The molecule has 0 unspecified atom stereocenters. The van der Waals surface area contributed by atoms with Crippen LogP contribution in [-0.2, 0) is 23.8 Å². The molecule has 1 amide bonds. The molecule has 5 nitrogen and oxygen atoms in total. The van der Waals surface area contributed by atoms with Crippen molar-refractivity contribution in [2.45, 2.75) is 38.4 Å². The molecule has 1 saturated heterocycles. The van der Waals surface area contributed by atoms with Gasteiger partial charge in [0.05, 0.1) is 6.07 Å². The number of rotatable bonds is 1. The Balaban J connectivity index is 1.88. The van der Waals surface area contributed by atoms with Crippen molar-refractivity contribution in [2.24, 2.45) is 5.92 Å². The predicted octanol–water partition coefficient (Wildman–Crippen LogP) is 2.38. The summed E-state index contributed by atoms with van der Waals surface area (Å²) in [7, 11) is 0. The standard InChI is InChI=1S/C16H17F3N4OS/c1-9-21-13-3-2-10(6-12(13)14(22-9)16(17,18)19)15(24)23-4-5-25-8-11(23)7-20/h10-11H,2-6,8H2,1H3/t10-,11+/m0/s1. The zero-order chi connectivity index (χ0) is 18.2. The van der Waals surface area contributed by atoms with Crippen molar-refractivity contribution in [3.8, 4) is 6.07 Å². The summed E-state index contributed by atoms with van der Waals surface area (Å²) in [5.74, 6) is 0.587. The monoisotopic (exact) mass is 370 g/mol. The summed E-state index contributed by atoms with van der Waals surface area (Å²) in [4.78, 5) is 22.0. The van der Waals surface area contributed by atoms with Gasteiger partial charge in [0, 0.05) is 35.2 Å². The number of nitriles is 1. The summed E-state index contributed by atoms with van der Waals surface area (Å²) < 4.78 is 40.0. The molecule has 0 radical (unpaired) electrons. The number of aromatic nitrogens is 2. The number of hydrogen-bond acceptors (Lipinski definition) is 5. The van der Waals surface area contributed by atoms with Crippen LogP contribution in [0.3, 0.4) is 0 Å². The first-order valence-electron chi connectivity index (χ1n) is 8.02. The lowest BCUT2D eigenvalue weighted by Crippen LogP contribution is -2.49. The third-order valence-electron chi connectivity index (χ3n) is 4.56. The van der Waals surface area contributed by atoms with Crippen molar-refractivity contribution in [1.29, 1.82) is 5.26 Å². The van der Waals surface area contributed by atoms with Crippen LogP contribution in [0, 0.1) is 24.2 Å². The van der Waals surface area contributed by atoms with E-state index < -0.39 is 23.8 Å². The molecule has 2 aliphatic rings. The van der Waals surface area contributed by atoms with Crippen LogP contribution in [0.5, 0.6) is 0 Å². The highest BCUT2D eigenvalue weighted by Gasteiger charge is 2.41. The second-order valence-electron chi connectivity index (χ2n) is 6.23. The second-order valence-corrected chi connectivity index (χ2v) is 7.38. The van der Waals surface area contributed by atoms with Crippen LogP contribution in [0.25, 0.3) is 0 Å². The molecule has 1 aromatic heterocycles. The van der Waals surface area contributed by atoms with Gasteiger partial charge in [-0.1, -0.05) is 0 Å². The molecule has 1 aromatic rings. The van der Waals surface area contributed by atoms with Gasteiger partial charge in [0.2, 0.25) is 5.91 Å². The summed E-state index contributed by atoms with van der Waals surface area (Å²) >= 11 is 1.61. The lowest BCUT2D eigenvalue weighted by atomic mass is 9.84. The van der Waals surface area contributed by atoms with E-state index in [1.807, 2.05) is 0 Å². The fourth-order valence-electron chi connectivity index (χ4n) is 3.39. The van der Waals surface area contributed by atoms with Crippen molar-refractivity contribution in [2.75, 3.05) is 18.1 Å². The Morgan fingerprint density at radius 1 is 1.40 bits per heavy atom. The largest absolute Gasteiger partial charge is 0.433 e. The van der Waals surface area contributed by atoms with Crippen LogP contribution in [-0.4, -0.2) is 44.9 Å². The van der Waals surface area contributed by atoms with E-state index in [-0.39, 0.29) is 23.7 Å². The lowest BCUT2D eigenvalue weighted by molar-refractivity contribution is -0.143. The van der Waals surface area contributed by atoms with Gasteiger partial charge in [0.15, 0.2) is 5.69 Å². The minimum Gasteiger partial charge on any atom is -0.325 e. The number of fused-ring (bicyclic) bond motifs is 1. The van der Waals surface area contributed by atoms with Crippen LogP contribution in [0.4, 0.5) is 13.2 Å². The van der Waals surface area contributed by atoms with E-state index in [2.05, 4.69) is 16.0 Å². The molecule has 134 valence electrons. The number of nitrogens with zero attached hydrogens (tertiary/aromatic N) is 4. The van der Waals surface area contributed by atoms with Gasteiger partial charge in [0.25, 0.3) is 0 Å². The maximum atomic E-state index is 13.3. The van der Waals surface area contributed by atoms with Gasteiger partial charge >= 0.3 is 6.18 Å². The zero-order valence-corrected chi connectivity index (χ0v) is 14.5. The number of thioether (sulfide) groups is 1. The summed E-state index contributed by atoms with van der Waals surface area (Å²) in [6, 6.07) is 1.61. The molecule has 1 aliphatic heterocycles. The van der Waals surface area contributed by atoms with Crippen molar-refractivity contribution < 1.29 is 18.0 Å². The Hall–Kier alpha value is -1.82. The molecule has 2 atom stereocenters. The second kappa shape index (κ2) is 6.83. The van der Waals surface area contributed by atoms with Crippen molar-refractivity contribution in [3.63, 3.8) is 0 Å². The summed E-state index contributed by atoms with van der Waals surface area (Å²) in [5, 5.41) is 9.22. The number of carbonyl (C=O) groups is 1. The Morgan fingerprint density at radius 2 is 2.16 bits per heavy atom. The SMILES string of the molecule is Cc1nc2c(c(C(F)(F)F)n1)C[C@@H](C(=O)N1CCSC[C@H]1C#N)CC2. The van der Waals surface area contributed by atoms with Crippen LogP contribution >= 0.6 is 11.8 Å². The quantitative estimate of drug-likeness (QED) is 0.759. The fraction of sp³-hybridized carbons (Fsp3) is 0.625. The molecule has 0 saturated carbocycles. The normalized spacial score (nSPS) is 23.7. The Labute approximate surface area is 147 Å². The molecule has 25 heavy (non-hydrogen) atoms.